The minimum Gasteiger partial charge on any atom is -0.456 e. The fourth-order valence-corrected chi connectivity index (χ4v) is 9.93. The Labute approximate surface area is 337 Å². The van der Waals surface area contributed by atoms with Gasteiger partial charge in [-0.25, -0.2) is 15.0 Å². The van der Waals surface area contributed by atoms with Crippen molar-refractivity contribution in [3.05, 3.63) is 188 Å². The van der Waals surface area contributed by atoms with Crippen molar-refractivity contribution in [2.24, 2.45) is 0 Å². The zero-order valence-electron chi connectivity index (χ0n) is 31.1. The first kappa shape index (κ1) is 32.7. The van der Waals surface area contributed by atoms with E-state index in [0.29, 0.717) is 17.5 Å². The van der Waals surface area contributed by atoms with Gasteiger partial charge in [0, 0.05) is 47.6 Å². The Bertz CT molecular complexity index is 3510. The Balaban J connectivity index is 1.08. The Hall–Kier alpha value is -7.47. The maximum Gasteiger partial charge on any atom is 0.164 e. The van der Waals surface area contributed by atoms with Gasteiger partial charge in [-0.15, -0.1) is 11.3 Å². The van der Waals surface area contributed by atoms with E-state index >= 15 is 0 Å². The molecule has 0 spiro atoms. The predicted octanol–water partition coefficient (Wildman–Crippen LogP) is 14.8. The summed E-state index contributed by atoms with van der Waals surface area (Å²) in [5.41, 5.74) is 9.30. The van der Waals surface area contributed by atoms with Crippen LogP contribution in [-0.2, 0) is 0 Å². The molecule has 0 radical (unpaired) electrons. The molecule has 0 aliphatic rings. The van der Waals surface area contributed by atoms with E-state index in [1.165, 1.54) is 47.5 Å². The second kappa shape index (κ2) is 13.1. The molecule has 0 amide bonds. The molecule has 3 heterocycles. The van der Waals surface area contributed by atoms with Crippen molar-refractivity contribution in [3.8, 4) is 56.4 Å². The van der Waals surface area contributed by atoms with E-state index < -0.39 is 0 Å². The Kier molecular flexibility index (Phi) is 7.37. The van der Waals surface area contributed by atoms with Crippen LogP contribution in [0.25, 0.3) is 120 Å². The molecule has 0 bridgehead atoms. The zero-order chi connectivity index (χ0) is 38.2. The van der Waals surface area contributed by atoms with Gasteiger partial charge in [0.2, 0.25) is 0 Å². The van der Waals surface area contributed by atoms with E-state index in [4.69, 9.17) is 19.4 Å². The molecule has 12 rings (SSSR count). The Morgan fingerprint density at radius 3 is 1.74 bits per heavy atom. The largest absolute Gasteiger partial charge is 0.456 e. The molecule has 3 aromatic heterocycles. The monoisotopic (exact) mass is 757 g/mol. The molecule has 4 nitrogen and oxygen atoms in total. The highest BCUT2D eigenvalue weighted by molar-refractivity contribution is 7.26. The molecular formula is C53H31N3OS. The average Bonchev–Trinajstić information content (AvgIpc) is 3.87. The van der Waals surface area contributed by atoms with Crippen LogP contribution in [-0.4, -0.2) is 15.0 Å². The van der Waals surface area contributed by atoms with E-state index in [1.807, 2.05) is 47.7 Å². The first-order valence-electron chi connectivity index (χ1n) is 19.4. The average molecular weight is 758 g/mol. The summed E-state index contributed by atoms with van der Waals surface area (Å²) in [6.07, 6.45) is 0. The molecule has 0 N–H and O–H groups in total. The van der Waals surface area contributed by atoms with E-state index in [2.05, 4.69) is 152 Å². The lowest BCUT2D eigenvalue weighted by atomic mass is 9.91. The smallest absolute Gasteiger partial charge is 0.164 e. The van der Waals surface area contributed by atoms with Gasteiger partial charge in [0.25, 0.3) is 0 Å². The van der Waals surface area contributed by atoms with Crippen molar-refractivity contribution in [3.63, 3.8) is 0 Å². The van der Waals surface area contributed by atoms with Crippen LogP contribution in [0.3, 0.4) is 0 Å². The standard InChI is InChI=1S/C53H31N3OS/c1-3-15-33(16-4-1)51-54-52(34-17-5-2-6-18-34)56-53(55-51)42-28-27-37(50-49(42)41-23-11-12-25-47(41)58-50)35-26-29-45-44(30-35)48-40-22-10-9-21-39(40)43(31-46(48)57-45)38-24-13-19-32-14-7-8-20-36(32)38/h1-31H. The van der Waals surface area contributed by atoms with Gasteiger partial charge >= 0.3 is 0 Å². The Morgan fingerprint density at radius 1 is 0.345 bits per heavy atom. The van der Waals surface area contributed by atoms with E-state index in [1.54, 1.807) is 0 Å². The molecule has 58 heavy (non-hydrogen) atoms. The molecular weight excluding hydrogens is 727 g/mol. The van der Waals surface area contributed by atoms with Crippen LogP contribution in [0, 0.1) is 0 Å². The molecule has 0 saturated heterocycles. The van der Waals surface area contributed by atoms with Crippen molar-refractivity contribution in [2.45, 2.75) is 0 Å². The molecule has 0 unspecified atom stereocenters. The lowest BCUT2D eigenvalue weighted by Crippen LogP contribution is -2.00. The normalized spacial score (nSPS) is 11.8. The van der Waals surface area contributed by atoms with Crippen LogP contribution >= 0.6 is 11.3 Å². The summed E-state index contributed by atoms with van der Waals surface area (Å²) in [5.74, 6) is 1.95. The van der Waals surface area contributed by atoms with Crippen molar-refractivity contribution >= 4 is 75.0 Å². The van der Waals surface area contributed by atoms with Crippen LogP contribution in [0.2, 0.25) is 0 Å². The van der Waals surface area contributed by atoms with E-state index in [9.17, 15) is 0 Å². The number of thiophene rings is 1. The summed E-state index contributed by atoms with van der Waals surface area (Å²) < 4.78 is 9.12. The van der Waals surface area contributed by atoms with E-state index in [-0.39, 0.29) is 0 Å². The van der Waals surface area contributed by atoms with Crippen LogP contribution < -0.4 is 0 Å². The topological polar surface area (TPSA) is 51.8 Å². The van der Waals surface area contributed by atoms with Gasteiger partial charge in [-0.2, -0.15) is 0 Å². The summed E-state index contributed by atoms with van der Waals surface area (Å²) in [4.78, 5) is 15.3. The van der Waals surface area contributed by atoms with Crippen molar-refractivity contribution in [2.75, 3.05) is 0 Å². The minimum atomic E-state index is 0.648. The molecule has 0 aliphatic heterocycles. The molecule has 0 aliphatic carbocycles. The van der Waals surface area contributed by atoms with Crippen LogP contribution in [0.5, 0.6) is 0 Å². The first-order valence-corrected chi connectivity index (χ1v) is 20.2. The van der Waals surface area contributed by atoms with Gasteiger partial charge in [-0.3, -0.25) is 0 Å². The summed E-state index contributed by atoms with van der Waals surface area (Å²) >= 11 is 1.81. The lowest BCUT2D eigenvalue weighted by Gasteiger charge is -2.12. The highest BCUT2D eigenvalue weighted by atomic mass is 32.1. The Morgan fingerprint density at radius 2 is 0.966 bits per heavy atom. The number of nitrogens with zero attached hydrogens (tertiary/aromatic N) is 3. The first-order chi connectivity index (χ1) is 28.7. The lowest BCUT2D eigenvalue weighted by molar-refractivity contribution is 0.669. The number of furan rings is 1. The van der Waals surface area contributed by atoms with Gasteiger partial charge in [-0.05, 0) is 74.1 Å². The molecule has 0 fully saturated rings. The quantitative estimate of drug-likeness (QED) is 0.175. The van der Waals surface area contributed by atoms with Gasteiger partial charge < -0.3 is 4.42 Å². The summed E-state index contributed by atoms with van der Waals surface area (Å²) in [6, 6.07) is 66.1. The SMILES string of the molecule is c1ccc(-c2nc(-c3ccccc3)nc(-c3ccc(-c4ccc5oc6cc(-c7cccc8ccccc78)c7ccccc7c6c5c4)c4sc5ccccc5c34)n2)cc1. The number of hydrogen-bond acceptors (Lipinski definition) is 5. The molecule has 5 heteroatoms. The van der Waals surface area contributed by atoms with Gasteiger partial charge in [0.05, 0.1) is 0 Å². The van der Waals surface area contributed by atoms with Gasteiger partial charge in [-0.1, -0.05) is 158 Å². The second-order valence-corrected chi connectivity index (χ2v) is 15.7. The third-order valence-electron chi connectivity index (χ3n) is 11.3. The predicted molar refractivity (Wildman–Crippen MR) is 242 cm³/mol. The van der Waals surface area contributed by atoms with Crippen molar-refractivity contribution in [1.82, 2.24) is 15.0 Å². The fraction of sp³-hybridized carbons (Fsp3) is 0. The summed E-state index contributed by atoms with van der Waals surface area (Å²) in [7, 11) is 0. The molecule has 270 valence electrons. The van der Waals surface area contributed by atoms with Crippen LogP contribution in [0.1, 0.15) is 0 Å². The molecule has 12 aromatic rings. The number of rotatable bonds is 5. The maximum absolute atomic E-state index is 6.71. The van der Waals surface area contributed by atoms with Crippen LogP contribution in [0.4, 0.5) is 0 Å². The highest BCUT2D eigenvalue weighted by Crippen LogP contribution is 2.47. The number of fused-ring (bicyclic) bond motifs is 9. The summed E-state index contributed by atoms with van der Waals surface area (Å²) in [6.45, 7) is 0. The highest BCUT2D eigenvalue weighted by Gasteiger charge is 2.21. The van der Waals surface area contributed by atoms with Gasteiger partial charge in [0.15, 0.2) is 17.5 Å². The minimum absolute atomic E-state index is 0.648. The summed E-state index contributed by atoms with van der Waals surface area (Å²) in [5, 5.41) is 9.40. The van der Waals surface area contributed by atoms with Gasteiger partial charge in [0.1, 0.15) is 11.2 Å². The molecule has 9 aromatic carbocycles. The fourth-order valence-electron chi connectivity index (χ4n) is 8.66. The molecule has 0 atom stereocenters. The van der Waals surface area contributed by atoms with Crippen LogP contribution in [0.15, 0.2) is 192 Å². The third kappa shape index (κ3) is 5.18. The number of aromatic nitrogens is 3. The molecule has 0 saturated carbocycles. The van der Waals surface area contributed by atoms with Crippen molar-refractivity contribution in [1.29, 1.82) is 0 Å². The zero-order valence-corrected chi connectivity index (χ0v) is 31.9. The van der Waals surface area contributed by atoms with Crippen molar-refractivity contribution < 1.29 is 4.42 Å². The second-order valence-electron chi connectivity index (χ2n) is 14.7. The van der Waals surface area contributed by atoms with E-state index in [0.717, 1.165) is 55.1 Å². The maximum atomic E-state index is 6.71. The third-order valence-corrected chi connectivity index (χ3v) is 12.5. The number of hydrogen-bond donors (Lipinski definition) is 0. The number of benzene rings is 9.